The van der Waals surface area contributed by atoms with Crippen LogP contribution in [0.5, 0.6) is 5.75 Å². The molecule has 0 aliphatic carbocycles. The van der Waals surface area contributed by atoms with Gasteiger partial charge in [-0.2, -0.15) is 0 Å². The number of carbonyl (C=O) groups is 2. The molecular formula is C24H26ClF2N3O5S. The number of fused-ring (bicyclic) bond motifs is 3. The zero-order chi connectivity index (χ0) is 26.3. The molecule has 0 bridgehead atoms. The summed E-state index contributed by atoms with van der Waals surface area (Å²) in [4.78, 5) is 26.3. The number of rotatable bonds is 5. The number of likely N-dealkylation sites (tertiary alicyclic amines) is 1. The molecule has 1 saturated heterocycles. The Morgan fingerprint density at radius 1 is 1.17 bits per heavy atom. The molecule has 2 heterocycles. The van der Waals surface area contributed by atoms with E-state index in [9.17, 15) is 22.4 Å². The monoisotopic (exact) mass is 541 g/mol. The summed E-state index contributed by atoms with van der Waals surface area (Å²) in [6.45, 7) is 2.89. The predicted octanol–water partition coefficient (Wildman–Crippen LogP) is 3.38. The fourth-order valence-corrected chi connectivity index (χ4v) is 7.44. The van der Waals surface area contributed by atoms with Crippen LogP contribution in [0.3, 0.4) is 0 Å². The molecule has 2 aromatic carbocycles. The van der Waals surface area contributed by atoms with Crippen LogP contribution < -0.4 is 15.4 Å². The summed E-state index contributed by atoms with van der Waals surface area (Å²) in [6, 6.07) is 5.23. The number of amides is 3. The highest BCUT2D eigenvalue weighted by Crippen LogP contribution is 2.53. The third-order valence-electron chi connectivity index (χ3n) is 6.47. The first-order chi connectivity index (χ1) is 17.0. The van der Waals surface area contributed by atoms with Crippen molar-refractivity contribution in [3.63, 3.8) is 0 Å². The van der Waals surface area contributed by atoms with Gasteiger partial charge in [0.15, 0.2) is 21.4 Å². The molecule has 0 saturated carbocycles. The standard InChI is InChI=1S/C24H26ClF2N3O5S/c1-14(2)29-23(32)28-12-20(31)30-11-3-10-24(36(33,34)16-6-4-15(25)5-7-16)19(30)13-35-22-18(27)9-8-17(26)21(22)24/h4-9,14,19H,3,10-13H2,1-2H3,(H2,28,29,32)/t19?,24-/m1/s1. The van der Waals surface area contributed by atoms with Gasteiger partial charge in [-0.3, -0.25) is 4.79 Å². The number of benzene rings is 2. The average Bonchev–Trinajstić information content (AvgIpc) is 2.83. The number of nitrogens with one attached hydrogen (secondary N) is 2. The van der Waals surface area contributed by atoms with Gasteiger partial charge in [-0.1, -0.05) is 11.6 Å². The van der Waals surface area contributed by atoms with Gasteiger partial charge >= 0.3 is 6.03 Å². The smallest absolute Gasteiger partial charge is 0.315 e. The van der Waals surface area contributed by atoms with E-state index in [0.717, 1.165) is 12.1 Å². The van der Waals surface area contributed by atoms with Crippen molar-refractivity contribution in [3.8, 4) is 5.75 Å². The minimum atomic E-state index is -4.41. The van der Waals surface area contributed by atoms with Crippen molar-refractivity contribution in [1.82, 2.24) is 15.5 Å². The van der Waals surface area contributed by atoms with Crippen molar-refractivity contribution in [2.45, 2.75) is 48.4 Å². The van der Waals surface area contributed by atoms with Crippen molar-refractivity contribution >= 4 is 33.4 Å². The van der Waals surface area contributed by atoms with Gasteiger partial charge in [-0.25, -0.2) is 22.0 Å². The topological polar surface area (TPSA) is 105 Å². The lowest BCUT2D eigenvalue weighted by Crippen LogP contribution is -2.65. The number of hydrogen-bond acceptors (Lipinski definition) is 5. The van der Waals surface area contributed by atoms with Gasteiger partial charge in [0.25, 0.3) is 0 Å². The Morgan fingerprint density at radius 2 is 1.83 bits per heavy atom. The van der Waals surface area contributed by atoms with Gasteiger partial charge in [0.1, 0.15) is 17.2 Å². The first kappa shape index (κ1) is 26.2. The molecule has 4 rings (SSSR count). The van der Waals surface area contributed by atoms with Crippen LogP contribution in [0.25, 0.3) is 0 Å². The maximum Gasteiger partial charge on any atom is 0.315 e. The van der Waals surface area contributed by atoms with Gasteiger partial charge in [0, 0.05) is 17.6 Å². The molecule has 1 unspecified atom stereocenters. The van der Waals surface area contributed by atoms with Gasteiger partial charge in [0.05, 0.1) is 23.0 Å². The Bertz CT molecular complexity index is 1290. The van der Waals surface area contributed by atoms with E-state index in [2.05, 4.69) is 10.6 Å². The zero-order valence-electron chi connectivity index (χ0n) is 19.7. The van der Waals surface area contributed by atoms with Crippen molar-refractivity contribution in [1.29, 1.82) is 0 Å². The van der Waals surface area contributed by atoms with E-state index in [1.54, 1.807) is 13.8 Å². The Balaban J connectivity index is 1.82. The Labute approximate surface area is 212 Å². The molecular weight excluding hydrogens is 516 g/mol. The fourth-order valence-electron chi connectivity index (χ4n) is 4.97. The van der Waals surface area contributed by atoms with Gasteiger partial charge in [-0.05, 0) is 63.1 Å². The predicted molar refractivity (Wildman–Crippen MR) is 129 cm³/mol. The number of nitrogens with zero attached hydrogens (tertiary/aromatic N) is 1. The van der Waals surface area contributed by atoms with Crippen LogP contribution in [0, 0.1) is 11.6 Å². The summed E-state index contributed by atoms with van der Waals surface area (Å²) >= 11 is 5.95. The van der Waals surface area contributed by atoms with Gasteiger partial charge < -0.3 is 20.3 Å². The molecule has 3 amide bonds. The summed E-state index contributed by atoms with van der Waals surface area (Å²) in [5.74, 6) is -2.89. The molecule has 2 aliphatic rings. The molecule has 8 nitrogen and oxygen atoms in total. The number of ether oxygens (including phenoxy) is 1. The first-order valence-corrected chi connectivity index (χ1v) is 13.3. The van der Waals surface area contributed by atoms with Crippen molar-refractivity contribution < 1.29 is 31.5 Å². The normalized spacial score (nSPS) is 21.3. The lowest BCUT2D eigenvalue weighted by atomic mass is 9.80. The van der Waals surface area contributed by atoms with Gasteiger partial charge in [-0.15, -0.1) is 0 Å². The van der Waals surface area contributed by atoms with E-state index in [1.165, 1.54) is 29.2 Å². The maximum absolute atomic E-state index is 15.4. The molecule has 2 aliphatic heterocycles. The van der Waals surface area contributed by atoms with Crippen LogP contribution in [-0.4, -0.2) is 57.0 Å². The lowest BCUT2D eigenvalue weighted by molar-refractivity contribution is -0.136. The first-order valence-electron chi connectivity index (χ1n) is 11.4. The minimum Gasteiger partial charge on any atom is -0.488 e. The van der Waals surface area contributed by atoms with Crippen LogP contribution in [0.2, 0.25) is 5.02 Å². The van der Waals surface area contributed by atoms with Gasteiger partial charge in [0.2, 0.25) is 5.91 Å². The average molecular weight is 542 g/mol. The zero-order valence-corrected chi connectivity index (χ0v) is 21.3. The highest BCUT2D eigenvalue weighted by atomic mass is 35.5. The third-order valence-corrected chi connectivity index (χ3v) is 9.26. The number of urea groups is 1. The van der Waals surface area contributed by atoms with E-state index in [0.29, 0.717) is 5.02 Å². The molecule has 1 fully saturated rings. The van der Waals surface area contributed by atoms with Crippen molar-refractivity contribution in [2.24, 2.45) is 0 Å². The number of halogens is 3. The highest BCUT2D eigenvalue weighted by molar-refractivity contribution is 7.92. The Hall–Kier alpha value is -2.92. The largest absolute Gasteiger partial charge is 0.488 e. The van der Waals surface area contributed by atoms with Crippen LogP contribution in [0.15, 0.2) is 41.3 Å². The number of carbonyl (C=O) groups excluding carboxylic acids is 2. The molecule has 12 heteroatoms. The fraction of sp³-hybridized carbons (Fsp3) is 0.417. The minimum absolute atomic E-state index is 0.0651. The molecule has 36 heavy (non-hydrogen) atoms. The Morgan fingerprint density at radius 3 is 2.50 bits per heavy atom. The highest BCUT2D eigenvalue weighted by Gasteiger charge is 2.61. The van der Waals surface area contributed by atoms with Crippen molar-refractivity contribution in [3.05, 3.63) is 58.6 Å². The van der Waals surface area contributed by atoms with Crippen molar-refractivity contribution in [2.75, 3.05) is 19.7 Å². The van der Waals surface area contributed by atoms with E-state index < -0.39 is 62.1 Å². The summed E-state index contributed by atoms with van der Waals surface area (Å²) < 4.78 is 62.1. The molecule has 2 aromatic rings. The summed E-state index contributed by atoms with van der Waals surface area (Å²) in [6.07, 6.45) is 0.132. The SMILES string of the molecule is CC(C)NC(=O)NCC(=O)N1CCC[C@]2(S(=O)(=O)c3ccc(Cl)cc3)c3c(F)ccc(F)c3OCC12. The van der Waals surface area contributed by atoms with E-state index in [1.807, 2.05) is 0 Å². The van der Waals surface area contributed by atoms with Crippen LogP contribution in [-0.2, 0) is 19.4 Å². The molecule has 194 valence electrons. The second kappa shape index (κ2) is 9.85. The Kier molecular flexibility index (Phi) is 7.16. The lowest BCUT2D eigenvalue weighted by Gasteiger charge is -2.51. The summed E-state index contributed by atoms with van der Waals surface area (Å²) in [5.41, 5.74) is -0.434. The third kappa shape index (κ3) is 4.39. The van der Waals surface area contributed by atoms with E-state index >= 15 is 4.39 Å². The summed E-state index contributed by atoms with van der Waals surface area (Å²) in [5, 5.41) is 5.36. The molecule has 0 aromatic heterocycles. The number of sulfone groups is 1. The number of hydrogen-bond donors (Lipinski definition) is 2. The summed E-state index contributed by atoms with van der Waals surface area (Å²) in [7, 11) is -4.41. The molecule has 0 radical (unpaired) electrons. The second-order valence-electron chi connectivity index (χ2n) is 9.08. The quantitative estimate of drug-likeness (QED) is 0.604. The van der Waals surface area contributed by atoms with Crippen LogP contribution in [0.4, 0.5) is 13.6 Å². The molecule has 2 N–H and O–H groups in total. The number of piperidine rings is 1. The maximum atomic E-state index is 15.4. The molecule has 0 spiro atoms. The second-order valence-corrected chi connectivity index (χ2v) is 11.7. The molecule has 2 atom stereocenters. The van der Waals surface area contributed by atoms with Crippen LogP contribution >= 0.6 is 11.6 Å². The van der Waals surface area contributed by atoms with Crippen LogP contribution in [0.1, 0.15) is 32.3 Å². The van der Waals surface area contributed by atoms with E-state index in [4.69, 9.17) is 16.3 Å². The van der Waals surface area contributed by atoms with E-state index in [-0.39, 0.29) is 36.9 Å².